The van der Waals surface area contributed by atoms with E-state index in [9.17, 15) is 22.8 Å². The zero-order valence-electron chi connectivity index (χ0n) is 16.3. The van der Waals surface area contributed by atoms with E-state index < -0.39 is 16.0 Å². The summed E-state index contributed by atoms with van der Waals surface area (Å²) in [6.07, 6.45) is 1.60. The normalized spacial score (nSPS) is 18.3. The first-order valence-electron chi connectivity index (χ1n) is 9.65. The number of esters is 1. The molecule has 1 aromatic rings. The van der Waals surface area contributed by atoms with Crippen LogP contribution in [0.15, 0.2) is 21.6 Å². The van der Waals surface area contributed by atoms with Gasteiger partial charge in [-0.25, -0.2) is 13.2 Å². The van der Waals surface area contributed by atoms with Gasteiger partial charge in [0.1, 0.15) is 0 Å². The van der Waals surface area contributed by atoms with Gasteiger partial charge in [-0.1, -0.05) is 0 Å². The molecule has 3 heterocycles. The highest BCUT2D eigenvalue weighted by Gasteiger charge is 2.33. The topological polar surface area (TPSA) is 117 Å². The third-order valence-corrected chi connectivity index (χ3v) is 6.78. The van der Waals surface area contributed by atoms with Gasteiger partial charge in [0, 0.05) is 52.1 Å². The molecule has 0 unspecified atom stereocenters. The highest BCUT2D eigenvalue weighted by Crippen LogP contribution is 2.21. The van der Waals surface area contributed by atoms with E-state index in [2.05, 4.69) is 0 Å². The van der Waals surface area contributed by atoms with Gasteiger partial charge < -0.3 is 19.0 Å². The quantitative estimate of drug-likeness (QED) is 0.575. The van der Waals surface area contributed by atoms with Gasteiger partial charge in [-0.2, -0.15) is 4.31 Å². The number of piperazine rings is 1. The Kier molecular flexibility index (Phi) is 6.58. The van der Waals surface area contributed by atoms with Crippen molar-refractivity contribution in [2.45, 2.75) is 31.3 Å². The summed E-state index contributed by atoms with van der Waals surface area (Å²) in [7, 11) is -3.90. The molecule has 0 N–H and O–H groups in total. The highest BCUT2D eigenvalue weighted by molar-refractivity contribution is 7.89. The number of likely N-dealkylation sites (tertiary alicyclic amines) is 1. The fourth-order valence-corrected chi connectivity index (χ4v) is 4.74. The third-order valence-electron chi connectivity index (χ3n) is 5.01. The minimum atomic E-state index is -3.90. The lowest BCUT2D eigenvalue weighted by molar-refractivity contribution is -0.133. The largest absolute Gasteiger partial charge is 0.460 e. The van der Waals surface area contributed by atoms with Crippen LogP contribution >= 0.6 is 0 Å². The average molecular weight is 427 g/mol. The van der Waals surface area contributed by atoms with Crippen molar-refractivity contribution in [2.24, 2.45) is 0 Å². The molecule has 2 fully saturated rings. The summed E-state index contributed by atoms with van der Waals surface area (Å²) >= 11 is 0. The smallest absolute Gasteiger partial charge is 0.374 e. The number of ether oxygens (including phenoxy) is 1. The van der Waals surface area contributed by atoms with E-state index in [0.717, 1.165) is 6.42 Å². The van der Waals surface area contributed by atoms with Crippen LogP contribution in [0.4, 0.5) is 0 Å². The first-order chi connectivity index (χ1) is 13.8. The Bertz CT molecular complexity index is 872. The van der Waals surface area contributed by atoms with Crippen LogP contribution < -0.4 is 0 Å². The maximum atomic E-state index is 12.7. The molecule has 0 aliphatic carbocycles. The third kappa shape index (κ3) is 4.78. The Morgan fingerprint density at radius 3 is 2.48 bits per heavy atom. The maximum absolute atomic E-state index is 12.7. The number of hydrogen-bond donors (Lipinski definition) is 0. The van der Waals surface area contributed by atoms with Gasteiger partial charge in [0.15, 0.2) is 0 Å². The molecule has 29 heavy (non-hydrogen) atoms. The van der Waals surface area contributed by atoms with Crippen molar-refractivity contribution in [3.63, 3.8) is 0 Å². The van der Waals surface area contributed by atoms with Gasteiger partial charge in [-0.3, -0.25) is 9.59 Å². The Morgan fingerprint density at radius 2 is 1.86 bits per heavy atom. The first kappa shape index (κ1) is 21.3. The van der Waals surface area contributed by atoms with E-state index in [0.29, 0.717) is 19.5 Å². The van der Waals surface area contributed by atoms with Crippen LogP contribution in [0, 0.1) is 0 Å². The lowest BCUT2D eigenvalue weighted by Gasteiger charge is -2.33. The number of carbonyl (C=O) groups is 3. The van der Waals surface area contributed by atoms with Crippen molar-refractivity contribution in [1.82, 2.24) is 14.1 Å². The lowest BCUT2D eigenvalue weighted by Crippen LogP contribution is -2.50. The molecular weight excluding hydrogens is 402 g/mol. The molecule has 0 radical (unpaired) electrons. The summed E-state index contributed by atoms with van der Waals surface area (Å²) in [5.74, 6) is -0.907. The monoisotopic (exact) mass is 427 g/mol. The van der Waals surface area contributed by atoms with Crippen LogP contribution in [-0.2, 0) is 24.3 Å². The second kappa shape index (κ2) is 8.95. The van der Waals surface area contributed by atoms with E-state index in [1.165, 1.54) is 16.4 Å². The van der Waals surface area contributed by atoms with Crippen molar-refractivity contribution in [1.29, 1.82) is 0 Å². The Hall–Kier alpha value is -2.40. The van der Waals surface area contributed by atoms with Crippen molar-refractivity contribution in [3.8, 4) is 0 Å². The number of carbonyl (C=O) groups excluding carboxylic acids is 3. The molecule has 10 nitrogen and oxygen atoms in total. The second-order valence-electron chi connectivity index (χ2n) is 6.86. The minimum Gasteiger partial charge on any atom is -0.460 e. The molecule has 0 spiro atoms. The predicted molar refractivity (Wildman–Crippen MR) is 100 cm³/mol. The van der Waals surface area contributed by atoms with Gasteiger partial charge in [0.25, 0.3) is 10.0 Å². The Balaban J connectivity index is 1.53. The Morgan fingerprint density at radius 1 is 1.14 bits per heavy atom. The number of rotatable bonds is 7. The van der Waals surface area contributed by atoms with Crippen molar-refractivity contribution in [3.05, 3.63) is 17.9 Å². The van der Waals surface area contributed by atoms with Gasteiger partial charge >= 0.3 is 5.97 Å². The highest BCUT2D eigenvalue weighted by atomic mass is 32.2. The number of nitrogens with zero attached hydrogens (tertiary/aromatic N) is 3. The SMILES string of the molecule is CCOC(=O)c1ccc(S(=O)(=O)N2CCN(C(=O)CCN3CCCC3=O)CC2)o1. The Labute approximate surface area is 169 Å². The summed E-state index contributed by atoms with van der Waals surface area (Å²) in [5, 5.41) is -0.326. The molecular formula is C18H25N3O7S. The van der Waals surface area contributed by atoms with Crippen LogP contribution in [0.3, 0.4) is 0 Å². The summed E-state index contributed by atoms with van der Waals surface area (Å²) in [5.41, 5.74) is 0. The number of sulfonamides is 1. The molecule has 0 atom stereocenters. The molecule has 0 bridgehead atoms. The summed E-state index contributed by atoms with van der Waals surface area (Å²) in [4.78, 5) is 39.0. The molecule has 3 rings (SSSR count). The van der Waals surface area contributed by atoms with E-state index in [1.807, 2.05) is 0 Å². The zero-order valence-corrected chi connectivity index (χ0v) is 17.1. The molecule has 1 aromatic heterocycles. The van der Waals surface area contributed by atoms with Crippen molar-refractivity contribution < 1.29 is 32.0 Å². The fourth-order valence-electron chi connectivity index (χ4n) is 3.40. The summed E-state index contributed by atoms with van der Waals surface area (Å²) in [6.45, 7) is 3.67. The number of hydrogen-bond acceptors (Lipinski definition) is 7. The van der Waals surface area contributed by atoms with E-state index >= 15 is 0 Å². The molecule has 11 heteroatoms. The van der Waals surface area contributed by atoms with Gasteiger partial charge in [0.05, 0.1) is 6.61 Å². The predicted octanol–water partition coefficient (Wildman–Crippen LogP) is 0.302. The zero-order chi connectivity index (χ0) is 21.0. The lowest BCUT2D eigenvalue weighted by atomic mass is 10.3. The summed E-state index contributed by atoms with van der Waals surface area (Å²) in [6, 6.07) is 2.50. The van der Waals surface area contributed by atoms with Crippen LogP contribution in [-0.4, -0.2) is 86.2 Å². The molecule has 2 amide bonds. The van der Waals surface area contributed by atoms with Gasteiger partial charge in [0.2, 0.25) is 22.7 Å². The molecule has 2 saturated heterocycles. The molecule has 0 saturated carbocycles. The number of furan rings is 1. The van der Waals surface area contributed by atoms with E-state index in [1.54, 1.807) is 16.7 Å². The van der Waals surface area contributed by atoms with Gasteiger partial charge in [-0.05, 0) is 25.5 Å². The standard InChI is InChI=1S/C18H25N3O7S/c1-2-27-18(24)14-5-6-17(28-14)29(25,26)21-12-10-20(11-13-21)16(23)7-9-19-8-3-4-15(19)22/h5-6H,2-4,7-13H2,1H3. The van der Waals surface area contributed by atoms with E-state index in [-0.39, 0.29) is 61.9 Å². The first-order valence-corrected chi connectivity index (χ1v) is 11.1. The second-order valence-corrected chi connectivity index (χ2v) is 8.73. The van der Waals surface area contributed by atoms with Crippen LogP contribution in [0.2, 0.25) is 0 Å². The molecule has 160 valence electrons. The van der Waals surface area contributed by atoms with Crippen molar-refractivity contribution >= 4 is 27.8 Å². The van der Waals surface area contributed by atoms with Crippen LogP contribution in [0.5, 0.6) is 0 Å². The minimum absolute atomic E-state index is 0.0781. The maximum Gasteiger partial charge on any atom is 0.374 e. The van der Waals surface area contributed by atoms with Crippen LogP contribution in [0.1, 0.15) is 36.7 Å². The van der Waals surface area contributed by atoms with Crippen molar-refractivity contribution in [2.75, 3.05) is 45.9 Å². The van der Waals surface area contributed by atoms with Gasteiger partial charge in [-0.15, -0.1) is 0 Å². The fraction of sp³-hybridized carbons (Fsp3) is 0.611. The van der Waals surface area contributed by atoms with Crippen LogP contribution in [0.25, 0.3) is 0 Å². The average Bonchev–Trinajstić information content (AvgIpc) is 3.36. The summed E-state index contributed by atoms with van der Waals surface area (Å²) < 4.78 is 36.7. The van der Waals surface area contributed by atoms with E-state index in [4.69, 9.17) is 9.15 Å². The molecule has 0 aromatic carbocycles. The molecule has 2 aliphatic rings. The molecule has 2 aliphatic heterocycles. The number of amides is 2.